The summed E-state index contributed by atoms with van der Waals surface area (Å²) in [7, 11) is 1.36. The molecule has 3 N–H and O–H groups in total. The number of benzene rings is 1. The molecule has 1 saturated carbocycles. The van der Waals surface area contributed by atoms with Crippen molar-refractivity contribution in [3.8, 4) is 28.4 Å². The Hall–Kier alpha value is -5.47. The van der Waals surface area contributed by atoms with Crippen molar-refractivity contribution in [2.75, 3.05) is 25.9 Å². The normalized spacial score (nSPS) is 19.1. The fraction of sp³-hybridized carbons (Fsp3) is 0.312. The van der Waals surface area contributed by atoms with Crippen LogP contribution in [0.4, 0.5) is 19.0 Å². The average Bonchev–Trinajstić information content (AvgIpc) is 3.77. The molecule has 5 heterocycles. The first-order valence-electron chi connectivity index (χ1n) is 14.9. The van der Waals surface area contributed by atoms with Gasteiger partial charge in [0, 0.05) is 42.6 Å². The molecule has 15 heteroatoms. The third-order valence-electron chi connectivity index (χ3n) is 8.69. The number of likely N-dealkylation sites (tertiary alicyclic amines) is 1. The zero-order valence-corrected chi connectivity index (χ0v) is 25.2. The van der Waals surface area contributed by atoms with Crippen LogP contribution in [0, 0.1) is 5.92 Å². The summed E-state index contributed by atoms with van der Waals surface area (Å²) in [5.41, 5.74) is 10.7. The molecule has 47 heavy (non-hydrogen) atoms. The van der Waals surface area contributed by atoms with Gasteiger partial charge < -0.3 is 25.3 Å². The Morgan fingerprint density at radius 2 is 1.85 bits per heavy atom. The smallest absolute Gasteiger partial charge is 0.257 e. The number of nitrogens with zero attached hydrogens (tertiary/aromatic N) is 7. The lowest BCUT2D eigenvalue weighted by Gasteiger charge is -2.36. The molecule has 1 aliphatic carbocycles. The molecule has 2 amide bonds. The number of nitrogens with one attached hydrogen (secondary N) is 1. The van der Waals surface area contributed by atoms with E-state index in [9.17, 15) is 18.4 Å². The highest BCUT2D eigenvalue weighted by Crippen LogP contribution is 2.43. The van der Waals surface area contributed by atoms with Crippen LogP contribution in [0.3, 0.4) is 0 Å². The molecular formula is C32H30F3N9O3. The number of rotatable bonds is 8. The number of hydrogen-bond donors (Lipinski definition) is 2. The monoisotopic (exact) mass is 645 g/mol. The first-order valence-corrected chi connectivity index (χ1v) is 14.9. The molecule has 2 fully saturated rings. The molecule has 0 radical (unpaired) electrons. The lowest BCUT2D eigenvalue weighted by Crippen LogP contribution is -2.47. The fourth-order valence-corrected chi connectivity index (χ4v) is 6.29. The van der Waals surface area contributed by atoms with E-state index in [0.717, 1.165) is 16.8 Å². The second-order valence-corrected chi connectivity index (χ2v) is 11.8. The van der Waals surface area contributed by atoms with Crippen LogP contribution < -0.4 is 15.8 Å². The maximum absolute atomic E-state index is 15.0. The first kappa shape index (κ1) is 30.2. The number of imidazole rings is 1. The minimum atomic E-state index is -2.87. The Labute approximate surface area is 266 Å². The summed E-state index contributed by atoms with van der Waals surface area (Å²) >= 11 is 0. The number of nitrogens with two attached hydrogens (primary N) is 1. The van der Waals surface area contributed by atoms with E-state index < -0.39 is 48.7 Å². The minimum Gasteiger partial charge on any atom is -0.480 e. The van der Waals surface area contributed by atoms with Crippen molar-refractivity contribution in [2.45, 2.75) is 37.5 Å². The highest BCUT2D eigenvalue weighted by Gasteiger charge is 2.51. The minimum absolute atomic E-state index is 0.00503. The number of carbonyl (C=O) groups excluding carboxylic acids is 2. The zero-order valence-electron chi connectivity index (χ0n) is 25.2. The number of fused-ring (bicyclic) bond motifs is 1. The third kappa shape index (κ3) is 5.61. The van der Waals surface area contributed by atoms with Gasteiger partial charge in [-0.15, -0.1) is 0 Å². The Kier molecular flexibility index (Phi) is 7.53. The topological polar surface area (TPSA) is 146 Å². The number of amides is 2. The number of alkyl halides is 3. The number of nitrogen functional groups attached to an aromatic ring is 1. The van der Waals surface area contributed by atoms with Gasteiger partial charge in [-0.2, -0.15) is 5.10 Å². The van der Waals surface area contributed by atoms with E-state index in [1.165, 1.54) is 24.5 Å². The van der Waals surface area contributed by atoms with Crippen LogP contribution in [-0.4, -0.2) is 84.2 Å². The molecule has 4 aromatic heterocycles. The summed E-state index contributed by atoms with van der Waals surface area (Å²) in [5.74, 6) is -4.65. The molecule has 1 aromatic carbocycles. The number of carbonyl (C=O) groups is 2. The number of pyridine rings is 1. The van der Waals surface area contributed by atoms with Crippen molar-refractivity contribution in [2.24, 2.45) is 5.92 Å². The predicted octanol–water partition coefficient (Wildman–Crippen LogP) is 3.62. The molecule has 7 rings (SSSR count). The fourth-order valence-electron chi connectivity index (χ4n) is 6.29. The van der Waals surface area contributed by atoms with E-state index in [4.69, 9.17) is 10.5 Å². The van der Waals surface area contributed by atoms with Crippen molar-refractivity contribution in [3.05, 3.63) is 78.6 Å². The lowest BCUT2D eigenvalue weighted by atomic mass is 9.80. The second-order valence-electron chi connectivity index (χ2n) is 11.8. The molecule has 0 bridgehead atoms. The summed E-state index contributed by atoms with van der Waals surface area (Å²) in [6.07, 6.45) is 3.68. The van der Waals surface area contributed by atoms with E-state index in [-0.39, 0.29) is 30.4 Å². The largest absolute Gasteiger partial charge is 0.480 e. The van der Waals surface area contributed by atoms with Gasteiger partial charge in [-0.3, -0.25) is 9.59 Å². The Morgan fingerprint density at radius 1 is 1.06 bits per heavy atom. The van der Waals surface area contributed by atoms with Gasteiger partial charge in [-0.1, -0.05) is 30.3 Å². The first-order chi connectivity index (χ1) is 22.6. The molecule has 242 valence electrons. The van der Waals surface area contributed by atoms with Gasteiger partial charge in [0.15, 0.2) is 5.82 Å². The van der Waals surface area contributed by atoms with Gasteiger partial charge in [0.05, 0.1) is 50.2 Å². The van der Waals surface area contributed by atoms with E-state index in [2.05, 4.69) is 25.4 Å². The van der Waals surface area contributed by atoms with Crippen LogP contribution in [-0.2, 0) is 11.3 Å². The summed E-state index contributed by atoms with van der Waals surface area (Å²) < 4.78 is 50.6. The number of hydrogen-bond acceptors (Lipinski definition) is 8. The number of anilines is 1. The quantitative estimate of drug-likeness (QED) is 0.260. The van der Waals surface area contributed by atoms with E-state index in [0.29, 0.717) is 23.3 Å². The van der Waals surface area contributed by atoms with Crippen LogP contribution in [0.25, 0.3) is 28.0 Å². The summed E-state index contributed by atoms with van der Waals surface area (Å²) in [6.45, 7) is -0.0366. The van der Waals surface area contributed by atoms with Crippen molar-refractivity contribution < 1.29 is 27.5 Å². The van der Waals surface area contributed by atoms with E-state index in [1.54, 1.807) is 23.1 Å². The maximum Gasteiger partial charge on any atom is 0.257 e. The summed E-state index contributed by atoms with van der Waals surface area (Å²) in [4.78, 5) is 40.2. The average molecular weight is 646 g/mol. The number of halogens is 3. The molecule has 0 unspecified atom stereocenters. The van der Waals surface area contributed by atoms with Gasteiger partial charge in [-0.25, -0.2) is 32.6 Å². The molecule has 2 aliphatic rings. The SMILES string of the molecule is COc1ncc(-c2cc(Cn3cncc3-c3ccccc3)c3c(N)ncnn23)cc1C(=O)N[C@@H]1CN(C(=O)C2CC(F)(F)C2)C[C@@H]1F. The Morgan fingerprint density at radius 3 is 2.60 bits per heavy atom. The highest BCUT2D eigenvalue weighted by atomic mass is 19.3. The van der Waals surface area contributed by atoms with Crippen molar-refractivity contribution in [1.29, 1.82) is 0 Å². The molecular weight excluding hydrogens is 615 g/mol. The van der Waals surface area contributed by atoms with Gasteiger partial charge in [0.25, 0.3) is 5.91 Å². The van der Waals surface area contributed by atoms with Crippen LogP contribution >= 0.6 is 0 Å². The zero-order chi connectivity index (χ0) is 32.9. The molecule has 12 nitrogen and oxygen atoms in total. The number of methoxy groups -OCH3 is 1. The van der Waals surface area contributed by atoms with Crippen LogP contribution in [0.15, 0.2) is 67.5 Å². The molecule has 0 spiro atoms. The van der Waals surface area contributed by atoms with E-state index >= 15 is 4.39 Å². The lowest BCUT2D eigenvalue weighted by molar-refractivity contribution is -0.159. The summed E-state index contributed by atoms with van der Waals surface area (Å²) in [6, 6.07) is 12.2. The van der Waals surface area contributed by atoms with Crippen molar-refractivity contribution >= 4 is 23.1 Å². The van der Waals surface area contributed by atoms with E-state index in [1.807, 2.05) is 41.0 Å². The van der Waals surface area contributed by atoms with Crippen LogP contribution in [0.2, 0.25) is 0 Å². The number of ether oxygens (including phenoxy) is 1. The van der Waals surface area contributed by atoms with Crippen LogP contribution in [0.1, 0.15) is 28.8 Å². The summed E-state index contributed by atoms with van der Waals surface area (Å²) in [5, 5.41) is 7.06. The standard InChI is InChI=1S/C32H30F3N9O3/c1-47-30-22(29(45)41-24-15-42(14-23(24)33)31(46)21-9-32(34,35)10-21)7-19(11-38-30)25-8-20(27-28(36)39-16-40-44(25)27)13-43-17-37-12-26(43)18-5-3-2-4-6-18/h2-8,11-12,16-17,21,23-24H,9-10,13-15H2,1H3,(H,41,45)(H2,36,39,40)/t23-,24+/m0/s1. The van der Waals surface area contributed by atoms with Crippen LogP contribution in [0.5, 0.6) is 5.88 Å². The third-order valence-corrected chi connectivity index (χ3v) is 8.69. The maximum atomic E-state index is 15.0. The van der Waals surface area contributed by atoms with Gasteiger partial charge >= 0.3 is 0 Å². The highest BCUT2D eigenvalue weighted by molar-refractivity contribution is 5.98. The van der Waals surface area contributed by atoms with Crippen molar-refractivity contribution in [1.82, 2.24) is 39.3 Å². The predicted molar refractivity (Wildman–Crippen MR) is 164 cm³/mol. The molecule has 1 aliphatic heterocycles. The number of aromatic nitrogens is 6. The molecule has 5 aromatic rings. The molecule has 1 saturated heterocycles. The Bertz CT molecular complexity index is 1970. The molecule has 2 atom stereocenters. The Balaban J connectivity index is 1.16. The van der Waals surface area contributed by atoms with Gasteiger partial charge in [0.1, 0.15) is 23.6 Å². The van der Waals surface area contributed by atoms with Gasteiger partial charge in [0.2, 0.25) is 17.7 Å². The van der Waals surface area contributed by atoms with Gasteiger partial charge in [-0.05, 0) is 17.7 Å². The van der Waals surface area contributed by atoms with Crippen molar-refractivity contribution in [3.63, 3.8) is 0 Å². The second kappa shape index (κ2) is 11.7.